The molecule has 2 aromatic carbocycles. The van der Waals surface area contributed by atoms with E-state index in [1.165, 1.54) is 6.07 Å². The quantitative estimate of drug-likeness (QED) is 0.763. The van der Waals surface area contributed by atoms with Gasteiger partial charge < -0.3 is 20.7 Å². The van der Waals surface area contributed by atoms with Gasteiger partial charge in [0.15, 0.2) is 6.61 Å². The van der Waals surface area contributed by atoms with Gasteiger partial charge in [-0.1, -0.05) is 23.2 Å². The molecule has 3 rings (SSSR count). The van der Waals surface area contributed by atoms with Crippen molar-refractivity contribution in [2.75, 3.05) is 29.9 Å². The van der Waals surface area contributed by atoms with Crippen molar-refractivity contribution in [2.45, 2.75) is 12.8 Å². The minimum Gasteiger partial charge on any atom is -0.482 e. The van der Waals surface area contributed by atoms with Crippen LogP contribution in [0.2, 0.25) is 10.0 Å². The van der Waals surface area contributed by atoms with Gasteiger partial charge in [-0.05, 0) is 49.2 Å². The molecule has 6 nitrogen and oxygen atoms in total. The summed E-state index contributed by atoms with van der Waals surface area (Å²) in [4.78, 5) is 26.0. The van der Waals surface area contributed by atoms with Crippen LogP contribution in [0.1, 0.15) is 23.2 Å². The number of nitrogens with two attached hydrogens (primary N) is 1. The van der Waals surface area contributed by atoms with Crippen molar-refractivity contribution < 1.29 is 14.3 Å². The molecule has 0 unspecified atom stereocenters. The Balaban J connectivity index is 1.73. The molecular weight excluding hydrogens is 389 g/mol. The molecule has 1 saturated heterocycles. The topological polar surface area (TPSA) is 84.7 Å². The van der Waals surface area contributed by atoms with Crippen molar-refractivity contribution in [3.05, 3.63) is 52.0 Å². The van der Waals surface area contributed by atoms with Gasteiger partial charge in [-0.2, -0.15) is 0 Å². The number of ether oxygens (including phenoxy) is 1. The van der Waals surface area contributed by atoms with Crippen LogP contribution in [0.5, 0.6) is 5.75 Å². The highest BCUT2D eigenvalue weighted by Gasteiger charge is 2.18. The number of anilines is 2. The molecule has 8 heteroatoms. The number of benzene rings is 2. The summed E-state index contributed by atoms with van der Waals surface area (Å²) in [6, 6.07) is 9.82. The lowest BCUT2D eigenvalue weighted by Gasteiger charge is -2.22. The van der Waals surface area contributed by atoms with E-state index in [0.717, 1.165) is 31.6 Å². The zero-order chi connectivity index (χ0) is 19.4. The zero-order valence-corrected chi connectivity index (χ0v) is 16.0. The van der Waals surface area contributed by atoms with E-state index in [0.29, 0.717) is 27.0 Å². The van der Waals surface area contributed by atoms with Crippen LogP contribution in [0.25, 0.3) is 0 Å². The molecule has 1 aliphatic heterocycles. The maximum Gasteiger partial charge on any atom is 0.262 e. The summed E-state index contributed by atoms with van der Waals surface area (Å²) >= 11 is 11.9. The van der Waals surface area contributed by atoms with Crippen LogP contribution in [0.3, 0.4) is 0 Å². The van der Waals surface area contributed by atoms with Crippen LogP contribution >= 0.6 is 23.2 Å². The number of hydrogen-bond acceptors (Lipinski definition) is 4. The van der Waals surface area contributed by atoms with E-state index in [1.807, 2.05) is 0 Å². The van der Waals surface area contributed by atoms with Crippen LogP contribution in [0.4, 0.5) is 11.4 Å². The highest BCUT2D eigenvalue weighted by Crippen LogP contribution is 2.30. The van der Waals surface area contributed by atoms with E-state index in [-0.39, 0.29) is 12.5 Å². The summed E-state index contributed by atoms with van der Waals surface area (Å²) in [6.07, 6.45) is 2.17. The van der Waals surface area contributed by atoms with E-state index < -0.39 is 5.91 Å². The Kier molecular flexibility index (Phi) is 6.08. The first-order chi connectivity index (χ1) is 12.9. The lowest BCUT2D eigenvalue weighted by atomic mass is 10.1. The van der Waals surface area contributed by atoms with Crippen LogP contribution in [-0.4, -0.2) is 31.5 Å². The molecule has 142 valence electrons. The lowest BCUT2D eigenvalue weighted by molar-refractivity contribution is -0.118. The summed E-state index contributed by atoms with van der Waals surface area (Å²) in [7, 11) is 0. The molecule has 27 heavy (non-hydrogen) atoms. The molecule has 0 atom stereocenters. The van der Waals surface area contributed by atoms with Gasteiger partial charge in [0.1, 0.15) is 5.75 Å². The Morgan fingerprint density at radius 3 is 2.52 bits per heavy atom. The fourth-order valence-electron chi connectivity index (χ4n) is 2.95. The van der Waals surface area contributed by atoms with Crippen molar-refractivity contribution in [3.8, 4) is 5.75 Å². The van der Waals surface area contributed by atoms with Crippen molar-refractivity contribution >= 4 is 46.4 Å². The molecule has 2 amide bonds. The molecule has 0 spiro atoms. The average Bonchev–Trinajstić information content (AvgIpc) is 3.15. The Bertz CT molecular complexity index is 867. The van der Waals surface area contributed by atoms with E-state index in [1.54, 1.807) is 30.3 Å². The maximum absolute atomic E-state index is 12.4. The van der Waals surface area contributed by atoms with Gasteiger partial charge in [0.25, 0.3) is 5.91 Å². The molecule has 0 saturated carbocycles. The van der Waals surface area contributed by atoms with E-state index in [9.17, 15) is 9.59 Å². The minimum atomic E-state index is -0.553. The second kappa shape index (κ2) is 8.50. The number of rotatable bonds is 6. The molecule has 0 aliphatic carbocycles. The highest BCUT2D eigenvalue weighted by molar-refractivity contribution is 6.35. The average molecular weight is 408 g/mol. The predicted molar refractivity (Wildman–Crippen MR) is 107 cm³/mol. The standard InChI is InChI=1S/C19H19Cl2N3O3/c20-13-4-6-17(14(21)10-13)27-11-18(25)23-15-9-12(19(22)26)3-5-16(15)24-7-1-2-8-24/h3-6,9-10H,1-2,7-8,11H2,(H2,22,26)(H,23,25). The normalized spacial score (nSPS) is 13.5. The SMILES string of the molecule is NC(=O)c1ccc(N2CCCC2)c(NC(=O)COc2ccc(Cl)cc2Cl)c1. The number of nitrogens with zero attached hydrogens (tertiary/aromatic N) is 1. The minimum absolute atomic E-state index is 0.235. The summed E-state index contributed by atoms with van der Waals surface area (Å²) in [5, 5.41) is 3.61. The molecule has 1 aliphatic rings. The number of halogens is 2. The summed E-state index contributed by atoms with van der Waals surface area (Å²) in [6.45, 7) is 1.56. The van der Waals surface area contributed by atoms with Crippen molar-refractivity contribution in [1.82, 2.24) is 0 Å². The van der Waals surface area contributed by atoms with Gasteiger partial charge in [0.2, 0.25) is 5.91 Å². The number of hydrogen-bond donors (Lipinski definition) is 2. The van der Waals surface area contributed by atoms with Crippen molar-refractivity contribution in [2.24, 2.45) is 5.73 Å². The van der Waals surface area contributed by atoms with Gasteiger partial charge in [-0.3, -0.25) is 9.59 Å². The van der Waals surface area contributed by atoms with Gasteiger partial charge in [0, 0.05) is 23.7 Å². The van der Waals surface area contributed by atoms with Crippen molar-refractivity contribution in [3.63, 3.8) is 0 Å². The third-order valence-electron chi connectivity index (χ3n) is 4.25. The van der Waals surface area contributed by atoms with Gasteiger partial charge in [-0.15, -0.1) is 0 Å². The molecule has 2 aromatic rings. The van der Waals surface area contributed by atoms with Crippen LogP contribution in [-0.2, 0) is 4.79 Å². The third kappa shape index (κ3) is 4.84. The lowest BCUT2D eigenvalue weighted by Crippen LogP contribution is -2.24. The molecule has 1 heterocycles. The third-order valence-corrected chi connectivity index (χ3v) is 4.79. The smallest absolute Gasteiger partial charge is 0.262 e. The van der Waals surface area contributed by atoms with E-state index in [4.69, 9.17) is 33.7 Å². The second-order valence-electron chi connectivity index (χ2n) is 6.20. The number of amides is 2. The largest absolute Gasteiger partial charge is 0.482 e. The molecule has 1 fully saturated rings. The Morgan fingerprint density at radius 2 is 1.85 bits per heavy atom. The maximum atomic E-state index is 12.4. The second-order valence-corrected chi connectivity index (χ2v) is 7.05. The molecule has 0 aromatic heterocycles. The van der Waals surface area contributed by atoms with Crippen LogP contribution < -0.4 is 20.7 Å². The van der Waals surface area contributed by atoms with Gasteiger partial charge in [-0.25, -0.2) is 0 Å². The summed E-state index contributed by atoms with van der Waals surface area (Å²) in [5.74, 6) is -0.562. The van der Waals surface area contributed by atoms with Gasteiger partial charge in [0.05, 0.1) is 16.4 Å². The highest BCUT2D eigenvalue weighted by atomic mass is 35.5. The fraction of sp³-hybridized carbons (Fsp3) is 0.263. The monoisotopic (exact) mass is 407 g/mol. The molecule has 0 bridgehead atoms. The first kappa shape index (κ1) is 19.3. The number of carbonyl (C=O) groups excluding carboxylic acids is 2. The van der Waals surface area contributed by atoms with Crippen LogP contribution in [0.15, 0.2) is 36.4 Å². The first-order valence-corrected chi connectivity index (χ1v) is 9.26. The molecule has 3 N–H and O–H groups in total. The zero-order valence-electron chi connectivity index (χ0n) is 14.5. The van der Waals surface area contributed by atoms with Crippen molar-refractivity contribution in [1.29, 1.82) is 0 Å². The Morgan fingerprint density at radius 1 is 1.11 bits per heavy atom. The van der Waals surface area contributed by atoms with Crippen LogP contribution in [0, 0.1) is 0 Å². The summed E-state index contributed by atoms with van der Waals surface area (Å²) in [5.41, 5.74) is 7.08. The predicted octanol–water partition coefficient (Wildman–Crippen LogP) is 3.71. The number of primary amides is 1. The van der Waals surface area contributed by atoms with Gasteiger partial charge >= 0.3 is 0 Å². The Labute approximate surface area is 167 Å². The Hall–Kier alpha value is -2.44. The first-order valence-electron chi connectivity index (χ1n) is 8.50. The van der Waals surface area contributed by atoms with E-state index >= 15 is 0 Å². The van der Waals surface area contributed by atoms with E-state index in [2.05, 4.69) is 10.2 Å². The fourth-order valence-corrected chi connectivity index (χ4v) is 3.41. The molecular formula is C19H19Cl2N3O3. The number of carbonyl (C=O) groups is 2. The summed E-state index contributed by atoms with van der Waals surface area (Å²) < 4.78 is 5.46. The molecule has 0 radical (unpaired) electrons. The number of nitrogens with one attached hydrogen (secondary N) is 1.